The van der Waals surface area contributed by atoms with Crippen LogP contribution in [0.3, 0.4) is 0 Å². The molecule has 8 nitrogen and oxygen atoms in total. The Labute approximate surface area is 207 Å². The van der Waals surface area contributed by atoms with Crippen LogP contribution in [0.2, 0.25) is 0 Å². The third-order valence-corrected chi connectivity index (χ3v) is 5.70. The van der Waals surface area contributed by atoms with Crippen LogP contribution in [-0.2, 0) is 11.2 Å². The number of halogens is 3. The Hall–Kier alpha value is -3.63. The van der Waals surface area contributed by atoms with Gasteiger partial charge < -0.3 is 29.9 Å². The van der Waals surface area contributed by atoms with Crippen molar-refractivity contribution >= 4 is 12.0 Å². The van der Waals surface area contributed by atoms with Gasteiger partial charge in [0.15, 0.2) is 11.5 Å². The third kappa shape index (κ3) is 8.24. The number of aryl methyl sites for hydroxylation is 1. The highest BCUT2D eigenvalue weighted by atomic mass is 19.4. The maximum absolute atomic E-state index is 13.1. The number of unbranched alkanes of at least 4 members (excludes halogenated alkanes) is 1. The van der Waals surface area contributed by atoms with E-state index in [9.17, 15) is 33.0 Å². The van der Waals surface area contributed by atoms with Gasteiger partial charge in [-0.25, -0.2) is 9.59 Å². The van der Waals surface area contributed by atoms with Crippen LogP contribution in [0, 0.1) is 0 Å². The summed E-state index contributed by atoms with van der Waals surface area (Å²) in [6.07, 6.45) is -4.55. The normalized spacial score (nSPS) is 12.9. The van der Waals surface area contributed by atoms with E-state index >= 15 is 0 Å². The van der Waals surface area contributed by atoms with Crippen molar-refractivity contribution in [3.8, 4) is 17.2 Å². The molecule has 2 aromatic rings. The Morgan fingerprint density at radius 3 is 2.14 bits per heavy atom. The summed E-state index contributed by atoms with van der Waals surface area (Å²) in [7, 11) is 2.68. The van der Waals surface area contributed by atoms with E-state index in [1.54, 1.807) is 6.92 Å². The molecule has 0 saturated heterocycles. The first kappa shape index (κ1) is 28.6. The largest absolute Gasteiger partial charge is 0.502 e. The zero-order valence-corrected chi connectivity index (χ0v) is 20.3. The molecule has 0 aliphatic carbocycles. The Kier molecular flexibility index (Phi) is 10.2. The SMILES string of the molecule is COc1cc(C(C)N(CCCCc2ccccc2)C(=O)NC(CC(F)(F)F)C(=O)O)cc(OC)c1O. The van der Waals surface area contributed by atoms with Gasteiger partial charge in [-0.15, -0.1) is 0 Å². The minimum Gasteiger partial charge on any atom is -0.502 e. The van der Waals surface area contributed by atoms with Gasteiger partial charge in [-0.1, -0.05) is 30.3 Å². The second-order valence-corrected chi connectivity index (χ2v) is 8.25. The molecule has 2 rings (SSSR count). The number of carbonyl (C=O) groups excluding carboxylic acids is 1. The van der Waals surface area contributed by atoms with Crippen molar-refractivity contribution in [1.82, 2.24) is 10.2 Å². The van der Waals surface area contributed by atoms with Gasteiger partial charge in [0.1, 0.15) is 6.04 Å². The predicted octanol–water partition coefficient (Wildman–Crippen LogP) is 4.91. The number of phenols is 1. The van der Waals surface area contributed by atoms with Gasteiger partial charge in [0.2, 0.25) is 5.75 Å². The van der Waals surface area contributed by atoms with E-state index < -0.39 is 36.7 Å². The van der Waals surface area contributed by atoms with Crippen LogP contribution in [0.25, 0.3) is 0 Å². The number of hydrogen-bond acceptors (Lipinski definition) is 5. The first-order valence-electron chi connectivity index (χ1n) is 11.3. The molecule has 36 heavy (non-hydrogen) atoms. The van der Waals surface area contributed by atoms with Crippen LogP contribution in [0.15, 0.2) is 42.5 Å². The number of alkyl halides is 3. The van der Waals surface area contributed by atoms with E-state index in [1.165, 1.54) is 31.3 Å². The fraction of sp³-hybridized carbons (Fsp3) is 0.440. The third-order valence-electron chi connectivity index (χ3n) is 5.70. The lowest BCUT2D eigenvalue weighted by atomic mass is 10.0. The van der Waals surface area contributed by atoms with Crippen molar-refractivity contribution in [2.75, 3.05) is 20.8 Å². The van der Waals surface area contributed by atoms with Crippen molar-refractivity contribution in [2.45, 2.75) is 50.9 Å². The van der Waals surface area contributed by atoms with E-state index in [0.717, 1.165) is 12.0 Å². The zero-order valence-electron chi connectivity index (χ0n) is 20.3. The second kappa shape index (κ2) is 12.9. The lowest BCUT2D eigenvalue weighted by Gasteiger charge is -2.31. The molecule has 2 atom stereocenters. The molecule has 11 heteroatoms. The molecule has 0 heterocycles. The summed E-state index contributed by atoms with van der Waals surface area (Å²) in [5, 5.41) is 21.4. The Bertz CT molecular complexity index is 992. The number of aromatic hydroxyl groups is 1. The molecule has 0 saturated carbocycles. The first-order valence-corrected chi connectivity index (χ1v) is 11.3. The molecular weight excluding hydrogens is 481 g/mol. The van der Waals surface area contributed by atoms with Gasteiger partial charge in [0.05, 0.1) is 26.7 Å². The fourth-order valence-corrected chi connectivity index (χ4v) is 3.73. The standard InChI is InChI=1S/C25H31F3N2O6/c1-16(18-13-20(35-2)22(31)21(14-18)36-3)30(12-8-7-11-17-9-5-4-6-10-17)24(34)29-19(23(32)33)15-25(26,27)28/h4-6,9-10,13-14,16,19,31H,7-8,11-12,15H2,1-3H3,(H,29,34)(H,32,33). The number of amides is 2. The van der Waals surface area contributed by atoms with Crippen molar-refractivity contribution in [1.29, 1.82) is 0 Å². The van der Waals surface area contributed by atoms with Crippen LogP contribution < -0.4 is 14.8 Å². The summed E-state index contributed by atoms with van der Waals surface area (Å²) in [6.45, 7) is 1.78. The van der Waals surface area contributed by atoms with Gasteiger partial charge in [0, 0.05) is 6.54 Å². The van der Waals surface area contributed by atoms with Crippen LogP contribution in [0.5, 0.6) is 17.2 Å². The highest BCUT2D eigenvalue weighted by molar-refractivity contribution is 5.83. The first-order chi connectivity index (χ1) is 17.0. The number of hydrogen-bond donors (Lipinski definition) is 3. The van der Waals surface area contributed by atoms with E-state index in [1.807, 2.05) is 35.6 Å². The highest BCUT2D eigenvalue weighted by Crippen LogP contribution is 2.39. The van der Waals surface area contributed by atoms with Crippen LogP contribution in [0.4, 0.5) is 18.0 Å². The van der Waals surface area contributed by atoms with Crippen molar-refractivity contribution < 1.29 is 42.4 Å². The van der Waals surface area contributed by atoms with Crippen LogP contribution in [0.1, 0.15) is 43.4 Å². The monoisotopic (exact) mass is 512 g/mol. The lowest BCUT2D eigenvalue weighted by Crippen LogP contribution is -2.50. The highest BCUT2D eigenvalue weighted by Gasteiger charge is 2.37. The summed E-state index contributed by atoms with van der Waals surface area (Å²) in [4.78, 5) is 25.7. The number of benzene rings is 2. The molecule has 0 aliphatic heterocycles. The minimum absolute atomic E-state index is 0.0844. The van der Waals surface area contributed by atoms with Gasteiger partial charge in [-0.05, 0) is 49.4 Å². The molecule has 0 bridgehead atoms. The molecule has 0 aromatic heterocycles. The van der Waals surface area contributed by atoms with Gasteiger partial charge in [-0.3, -0.25) is 0 Å². The molecule has 2 amide bonds. The number of aliphatic carboxylic acids is 1. The molecule has 0 spiro atoms. The fourth-order valence-electron chi connectivity index (χ4n) is 3.73. The summed E-state index contributed by atoms with van der Waals surface area (Å²) in [5.74, 6) is -1.86. The number of nitrogens with zero attached hydrogens (tertiary/aromatic N) is 1. The number of rotatable bonds is 12. The summed E-state index contributed by atoms with van der Waals surface area (Å²) in [5.41, 5.74) is 1.58. The van der Waals surface area contributed by atoms with Crippen molar-refractivity contribution in [2.24, 2.45) is 0 Å². The number of ether oxygens (including phenoxy) is 2. The maximum atomic E-state index is 13.1. The van der Waals surface area contributed by atoms with Gasteiger partial charge in [-0.2, -0.15) is 13.2 Å². The van der Waals surface area contributed by atoms with E-state index in [2.05, 4.69) is 0 Å². The Morgan fingerprint density at radius 2 is 1.64 bits per heavy atom. The number of carbonyl (C=O) groups is 2. The molecule has 2 unspecified atom stereocenters. The van der Waals surface area contributed by atoms with Crippen molar-refractivity contribution in [3.05, 3.63) is 53.6 Å². The average Bonchev–Trinajstić information content (AvgIpc) is 2.83. The number of phenolic OH excluding ortho intramolecular Hbond substituents is 1. The number of carboxylic acid groups (broad SMARTS) is 1. The second-order valence-electron chi connectivity index (χ2n) is 8.25. The molecule has 2 aromatic carbocycles. The van der Waals surface area contributed by atoms with Crippen LogP contribution in [-0.4, -0.2) is 60.1 Å². The van der Waals surface area contributed by atoms with E-state index in [4.69, 9.17) is 9.47 Å². The minimum atomic E-state index is -4.78. The lowest BCUT2D eigenvalue weighted by molar-refractivity contribution is -0.157. The van der Waals surface area contributed by atoms with Crippen LogP contribution >= 0.6 is 0 Å². The molecule has 0 radical (unpaired) electrons. The van der Waals surface area contributed by atoms with Gasteiger partial charge in [0.25, 0.3) is 0 Å². The summed E-state index contributed by atoms with van der Waals surface area (Å²) >= 11 is 0. The summed E-state index contributed by atoms with van der Waals surface area (Å²) < 4.78 is 49.0. The van der Waals surface area contributed by atoms with E-state index in [-0.39, 0.29) is 23.8 Å². The number of nitrogens with one attached hydrogen (secondary N) is 1. The predicted molar refractivity (Wildman–Crippen MR) is 126 cm³/mol. The number of urea groups is 1. The number of methoxy groups -OCH3 is 2. The quantitative estimate of drug-likeness (QED) is 0.349. The topological polar surface area (TPSA) is 108 Å². The Balaban J connectivity index is 2.27. The van der Waals surface area contributed by atoms with Gasteiger partial charge >= 0.3 is 18.2 Å². The number of carboxylic acids is 1. The smallest absolute Gasteiger partial charge is 0.391 e. The average molecular weight is 513 g/mol. The molecule has 0 aliphatic rings. The maximum Gasteiger partial charge on any atom is 0.391 e. The molecule has 198 valence electrons. The molecular formula is C25H31F3N2O6. The Morgan fingerprint density at radius 1 is 1.06 bits per heavy atom. The molecule has 3 N–H and O–H groups in total. The summed E-state index contributed by atoms with van der Waals surface area (Å²) in [6, 6.07) is 8.82. The molecule has 0 fully saturated rings. The van der Waals surface area contributed by atoms with Crippen molar-refractivity contribution in [3.63, 3.8) is 0 Å². The zero-order chi connectivity index (χ0) is 26.9. The van der Waals surface area contributed by atoms with E-state index in [0.29, 0.717) is 18.4 Å².